The zero-order chi connectivity index (χ0) is 46.3. The quantitative estimate of drug-likeness (QED) is 0.0325. The normalized spacial score (nSPS) is 35.0. The summed E-state index contributed by atoms with van der Waals surface area (Å²) in [5.74, 6) is -0.314. The second-order valence-corrected chi connectivity index (χ2v) is 16.9. The molecule has 0 saturated carbocycles. The molecule has 17 atom stereocenters. The minimum Gasteiger partial charge on any atom is -0.394 e. The number of ether oxygens (including phenoxy) is 6. The second-order valence-electron chi connectivity index (χ2n) is 16.9. The molecule has 63 heavy (non-hydrogen) atoms. The number of hydrogen-bond acceptors (Lipinski definition) is 18. The smallest absolute Gasteiger partial charge is 0.220 e. The van der Waals surface area contributed by atoms with Gasteiger partial charge in [-0.1, -0.05) is 102 Å². The Labute approximate surface area is 371 Å². The number of nitrogens with one attached hydrogen (secondary N) is 1. The van der Waals surface area contributed by atoms with Gasteiger partial charge in [0.15, 0.2) is 18.9 Å². The Hall–Kier alpha value is -1.73. The predicted molar refractivity (Wildman–Crippen MR) is 226 cm³/mol. The van der Waals surface area contributed by atoms with Gasteiger partial charge in [0.1, 0.15) is 73.2 Å². The molecular weight excluding hydrogens is 830 g/mol. The number of aliphatic hydroxyl groups is 11. The van der Waals surface area contributed by atoms with Gasteiger partial charge >= 0.3 is 0 Å². The van der Waals surface area contributed by atoms with Crippen molar-refractivity contribution in [1.82, 2.24) is 5.32 Å². The van der Waals surface area contributed by atoms with Crippen LogP contribution < -0.4 is 5.32 Å². The third kappa shape index (κ3) is 17.8. The molecule has 19 heteroatoms. The van der Waals surface area contributed by atoms with E-state index in [1.54, 1.807) is 6.08 Å². The number of aliphatic hydroxyl groups excluding tert-OH is 11. The zero-order valence-corrected chi connectivity index (χ0v) is 37.0. The minimum absolute atomic E-state index is 0.221. The van der Waals surface area contributed by atoms with Crippen LogP contribution in [0.3, 0.4) is 0 Å². The van der Waals surface area contributed by atoms with Gasteiger partial charge in [0, 0.05) is 6.42 Å². The summed E-state index contributed by atoms with van der Waals surface area (Å²) in [4.78, 5) is 12.8. The lowest BCUT2D eigenvalue weighted by atomic mass is 9.96. The van der Waals surface area contributed by atoms with Gasteiger partial charge in [-0.05, 0) is 32.1 Å². The first-order chi connectivity index (χ1) is 30.3. The van der Waals surface area contributed by atoms with Crippen LogP contribution in [0, 0.1) is 0 Å². The van der Waals surface area contributed by atoms with E-state index in [9.17, 15) is 61.0 Å². The summed E-state index contributed by atoms with van der Waals surface area (Å²) in [7, 11) is 0. The van der Waals surface area contributed by atoms with Crippen LogP contribution in [0.4, 0.5) is 0 Å². The SMILES string of the molecule is CCCCCCCCCCC/C=C/CC/C=C/C(O)C(COC1OC(CO)C(OC2OC(CO)C(OC3OC(CO)C(O)C(O)C3O)C(O)C2O)C(O)C1O)NC(=O)CCCCC. The predicted octanol–water partition coefficient (Wildman–Crippen LogP) is -0.309. The van der Waals surface area contributed by atoms with Crippen LogP contribution in [-0.4, -0.2) is 193 Å². The third-order valence-electron chi connectivity index (χ3n) is 11.8. The number of carbonyl (C=O) groups excluding carboxylic acids is 1. The molecule has 0 aromatic carbocycles. The molecule has 0 aromatic heterocycles. The summed E-state index contributed by atoms with van der Waals surface area (Å²) in [5.41, 5.74) is 0. The Balaban J connectivity index is 1.55. The molecule has 0 aromatic rings. The summed E-state index contributed by atoms with van der Waals surface area (Å²) in [6.45, 7) is 1.44. The second kappa shape index (κ2) is 30.5. The van der Waals surface area contributed by atoms with E-state index in [4.69, 9.17) is 28.4 Å². The average Bonchev–Trinajstić information content (AvgIpc) is 3.28. The third-order valence-corrected chi connectivity index (χ3v) is 11.8. The van der Waals surface area contributed by atoms with Crippen molar-refractivity contribution in [2.24, 2.45) is 0 Å². The van der Waals surface area contributed by atoms with Crippen molar-refractivity contribution < 1.29 is 89.4 Å². The van der Waals surface area contributed by atoms with Crippen LogP contribution in [0.1, 0.15) is 117 Å². The molecule has 0 spiro atoms. The van der Waals surface area contributed by atoms with Crippen LogP contribution in [-0.2, 0) is 33.2 Å². The fourth-order valence-electron chi connectivity index (χ4n) is 7.79. The van der Waals surface area contributed by atoms with Gasteiger partial charge < -0.3 is 89.9 Å². The molecule has 0 radical (unpaired) electrons. The van der Waals surface area contributed by atoms with Gasteiger partial charge in [0.2, 0.25) is 5.91 Å². The van der Waals surface area contributed by atoms with Gasteiger partial charge in [-0.3, -0.25) is 4.79 Å². The Morgan fingerprint density at radius 3 is 1.59 bits per heavy atom. The van der Waals surface area contributed by atoms with Gasteiger partial charge in [-0.2, -0.15) is 0 Å². The molecule has 3 heterocycles. The van der Waals surface area contributed by atoms with E-state index in [2.05, 4.69) is 24.4 Å². The van der Waals surface area contributed by atoms with Crippen LogP contribution in [0.25, 0.3) is 0 Å². The standard InChI is InChI=1S/C44H79NO18/c1-3-5-7-8-9-10-11-12-13-14-15-16-17-18-20-21-28(49)27(45-32(50)22-19-6-4-2)26-58-42-38(56)35(53)40(30(24-47)60-42)63-44-39(57)36(54)41(31(25-48)61-44)62-43-37(55)34(52)33(51)29(23-46)59-43/h15-16,20-21,27-31,33-44,46-49,51-57H,3-14,17-19,22-26H2,1-2H3,(H,45,50)/b16-15+,21-20+. The first kappa shape index (κ1) is 55.6. The lowest BCUT2D eigenvalue weighted by molar-refractivity contribution is -0.379. The van der Waals surface area contributed by atoms with E-state index in [1.165, 1.54) is 51.4 Å². The van der Waals surface area contributed by atoms with Gasteiger partial charge in [0.25, 0.3) is 0 Å². The molecule has 3 fully saturated rings. The van der Waals surface area contributed by atoms with E-state index in [0.29, 0.717) is 12.8 Å². The fourth-order valence-corrected chi connectivity index (χ4v) is 7.79. The molecule has 3 rings (SSSR count). The van der Waals surface area contributed by atoms with Crippen molar-refractivity contribution in [1.29, 1.82) is 0 Å². The van der Waals surface area contributed by atoms with E-state index < -0.39 is 124 Å². The van der Waals surface area contributed by atoms with Crippen molar-refractivity contribution in [2.45, 2.75) is 221 Å². The largest absolute Gasteiger partial charge is 0.394 e. The van der Waals surface area contributed by atoms with Crippen LogP contribution in [0.15, 0.2) is 24.3 Å². The molecule has 0 aliphatic carbocycles. The summed E-state index contributed by atoms with van der Waals surface area (Å²) >= 11 is 0. The van der Waals surface area contributed by atoms with Crippen LogP contribution in [0.2, 0.25) is 0 Å². The summed E-state index contributed by atoms with van der Waals surface area (Å²) in [6, 6.07) is -0.979. The van der Waals surface area contributed by atoms with Crippen LogP contribution >= 0.6 is 0 Å². The molecule has 368 valence electrons. The molecule has 0 bridgehead atoms. The maximum Gasteiger partial charge on any atom is 0.220 e. The van der Waals surface area contributed by atoms with Gasteiger partial charge in [0.05, 0.1) is 38.6 Å². The first-order valence-corrected chi connectivity index (χ1v) is 23.1. The molecule has 3 aliphatic rings. The molecule has 17 unspecified atom stereocenters. The highest BCUT2D eigenvalue weighted by Crippen LogP contribution is 2.33. The Bertz CT molecular complexity index is 1280. The summed E-state index contributed by atoms with van der Waals surface area (Å²) < 4.78 is 33.8. The van der Waals surface area contributed by atoms with E-state index in [-0.39, 0.29) is 18.9 Å². The van der Waals surface area contributed by atoms with Crippen molar-refractivity contribution in [3.63, 3.8) is 0 Å². The number of carbonyl (C=O) groups is 1. The molecular formula is C44H79NO18. The average molecular weight is 910 g/mol. The highest BCUT2D eigenvalue weighted by atomic mass is 16.8. The maximum atomic E-state index is 12.8. The van der Waals surface area contributed by atoms with E-state index in [1.807, 2.05) is 13.0 Å². The van der Waals surface area contributed by atoms with Crippen LogP contribution in [0.5, 0.6) is 0 Å². The Morgan fingerprint density at radius 1 is 0.556 bits per heavy atom. The number of rotatable bonds is 30. The molecule has 3 aliphatic heterocycles. The van der Waals surface area contributed by atoms with Gasteiger partial charge in [-0.15, -0.1) is 0 Å². The lowest BCUT2D eigenvalue weighted by Crippen LogP contribution is -2.66. The van der Waals surface area contributed by atoms with Crippen molar-refractivity contribution in [3.8, 4) is 0 Å². The number of allylic oxidation sites excluding steroid dienone is 3. The monoisotopic (exact) mass is 910 g/mol. The Morgan fingerprint density at radius 2 is 1.02 bits per heavy atom. The number of unbranched alkanes of at least 4 members (excludes halogenated alkanes) is 12. The topological polar surface area (TPSA) is 307 Å². The lowest BCUT2D eigenvalue weighted by Gasteiger charge is -2.48. The molecule has 3 saturated heterocycles. The van der Waals surface area contributed by atoms with Crippen molar-refractivity contribution >= 4 is 5.91 Å². The summed E-state index contributed by atoms with van der Waals surface area (Å²) in [6.07, 6.45) is -2.59. The zero-order valence-electron chi connectivity index (χ0n) is 37.0. The highest BCUT2D eigenvalue weighted by Gasteiger charge is 2.53. The maximum absolute atomic E-state index is 12.8. The molecule has 19 nitrogen and oxygen atoms in total. The molecule has 12 N–H and O–H groups in total. The number of hydrogen-bond donors (Lipinski definition) is 12. The van der Waals surface area contributed by atoms with E-state index >= 15 is 0 Å². The summed E-state index contributed by atoms with van der Waals surface area (Å²) in [5, 5.41) is 119. The first-order valence-electron chi connectivity index (χ1n) is 23.1. The number of amides is 1. The highest BCUT2D eigenvalue weighted by molar-refractivity contribution is 5.76. The molecule has 1 amide bonds. The van der Waals surface area contributed by atoms with Crippen molar-refractivity contribution in [3.05, 3.63) is 24.3 Å². The Kier molecular flexibility index (Phi) is 26.9. The van der Waals surface area contributed by atoms with E-state index in [0.717, 1.165) is 32.1 Å². The van der Waals surface area contributed by atoms with Gasteiger partial charge in [-0.25, -0.2) is 0 Å². The minimum atomic E-state index is -1.97. The fraction of sp³-hybridized carbons (Fsp3) is 0.886. The van der Waals surface area contributed by atoms with Crippen molar-refractivity contribution in [2.75, 3.05) is 26.4 Å².